The summed E-state index contributed by atoms with van der Waals surface area (Å²) in [6, 6.07) is 7.19. The second kappa shape index (κ2) is 4.37. The SMILES string of the molecule is CCOC(=O)C(O)c1ccc2[nH]ccc2c1. The molecule has 1 unspecified atom stereocenters. The van der Waals surface area contributed by atoms with E-state index in [1.807, 2.05) is 18.3 Å². The summed E-state index contributed by atoms with van der Waals surface area (Å²) >= 11 is 0. The molecule has 0 aliphatic rings. The summed E-state index contributed by atoms with van der Waals surface area (Å²) in [6.07, 6.45) is 0.602. The molecule has 2 aromatic rings. The molecule has 0 radical (unpaired) electrons. The molecule has 0 spiro atoms. The van der Waals surface area contributed by atoms with Crippen LogP contribution in [-0.2, 0) is 9.53 Å². The average Bonchev–Trinajstić information content (AvgIpc) is 2.75. The highest BCUT2D eigenvalue weighted by atomic mass is 16.5. The monoisotopic (exact) mass is 219 g/mol. The Morgan fingerprint density at radius 2 is 2.31 bits per heavy atom. The number of nitrogens with one attached hydrogen (secondary N) is 1. The second-order valence-corrected chi connectivity index (χ2v) is 3.48. The predicted molar refractivity (Wildman–Crippen MR) is 59.9 cm³/mol. The fraction of sp³-hybridized carbons (Fsp3) is 0.250. The minimum absolute atomic E-state index is 0.266. The molecule has 0 saturated carbocycles. The summed E-state index contributed by atoms with van der Waals surface area (Å²) in [7, 11) is 0. The van der Waals surface area contributed by atoms with Crippen molar-refractivity contribution in [3.63, 3.8) is 0 Å². The Hall–Kier alpha value is -1.81. The largest absolute Gasteiger partial charge is 0.464 e. The number of aromatic nitrogens is 1. The van der Waals surface area contributed by atoms with E-state index in [1.165, 1.54) is 0 Å². The Morgan fingerprint density at radius 1 is 1.50 bits per heavy atom. The standard InChI is InChI=1S/C12H13NO3/c1-2-16-12(15)11(14)9-3-4-10-8(7-9)5-6-13-10/h3-7,11,13-14H,2H2,1H3. The van der Waals surface area contributed by atoms with Crippen molar-refractivity contribution in [3.05, 3.63) is 36.0 Å². The van der Waals surface area contributed by atoms with E-state index in [0.29, 0.717) is 5.56 Å². The van der Waals surface area contributed by atoms with Crippen molar-refractivity contribution in [2.24, 2.45) is 0 Å². The first-order valence-electron chi connectivity index (χ1n) is 5.14. The first-order chi connectivity index (χ1) is 7.72. The molecule has 84 valence electrons. The number of H-pyrrole nitrogens is 1. The molecule has 1 atom stereocenters. The van der Waals surface area contributed by atoms with E-state index in [-0.39, 0.29) is 6.61 Å². The number of hydrogen-bond donors (Lipinski definition) is 2. The van der Waals surface area contributed by atoms with E-state index in [2.05, 4.69) is 4.98 Å². The maximum Gasteiger partial charge on any atom is 0.339 e. The highest BCUT2D eigenvalue weighted by Gasteiger charge is 2.18. The Kier molecular flexibility index (Phi) is 2.92. The summed E-state index contributed by atoms with van der Waals surface area (Å²) in [6.45, 7) is 1.97. The van der Waals surface area contributed by atoms with Gasteiger partial charge in [-0.25, -0.2) is 4.79 Å². The molecule has 2 N–H and O–H groups in total. The predicted octanol–water partition coefficient (Wildman–Crippen LogP) is 1.76. The normalized spacial score (nSPS) is 12.6. The molecule has 0 amide bonds. The summed E-state index contributed by atoms with van der Waals surface area (Å²) in [5.74, 6) is -0.614. The van der Waals surface area contributed by atoms with Crippen molar-refractivity contribution in [2.45, 2.75) is 13.0 Å². The van der Waals surface area contributed by atoms with Crippen molar-refractivity contribution in [1.82, 2.24) is 4.98 Å². The molecule has 2 rings (SSSR count). The molecule has 0 saturated heterocycles. The third-order valence-electron chi connectivity index (χ3n) is 2.40. The third-order valence-corrected chi connectivity index (χ3v) is 2.40. The number of ether oxygens (including phenoxy) is 1. The van der Waals surface area contributed by atoms with Crippen LogP contribution in [0.2, 0.25) is 0 Å². The number of fused-ring (bicyclic) bond motifs is 1. The molecule has 1 heterocycles. The number of carbonyl (C=O) groups excluding carboxylic acids is 1. The van der Waals surface area contributed by atoms with Crippen LogP contribution in [-0.4, -0.2) is 22.7 Å². The number of aromatic amines is 1. The number of carbonyl (C=O) groups is 1. The molecule has 0 aliphatic heterocycles. The van der Waals surface area contributed by atoms with Gasteiger partial charge in [-0.15, -0.1) is 0 Å². The van der Waals surface area contributed by atoms with Crippen LogP contribution < -0.4 is 0 Å². The van der Waals surface area contributed by atoms with E-state index < -0.39 is 12.1 Å². The quantitative estimate of drug-likeness (QED) is 0.773. The summed E-state index contributed by atoms with van der Waals surface area (Å²) < 4.78 is 4.75. The number of aliphatic hydroxyl groups excluding tert-OH is 1. The lowest BCUT2D eigenvalue weighted by atomic mass is 10.1. The van der Waals surface area contributed by atoms with E-state index in [0.717, 1.165) is 10.9 Å². The molecule has 0 bridgehead atoms. The van der Waals surface area contributed by atoms with E-state index in [9.17, 15) is 9.90 Å². The van der Waals surface area contributed by atoms with Gasteiger partial charge in [0.2, 0.25) is 0 Å². The van der Waals surface area contributed by atoms with E-state index >= 15 is 0 Å². The second-order valence-electron chi connectivity index (χ2n) is 3.48. The van der Waals surface area contributed by atoms with Crippen LogP contribution in [0.5, 0.6) is 0 Å². The van der Waals surface area contributed by atoms with Gasteiger partial charge in [0.25, 0.3) is 0 Å². The molecule has 1 aromatic carbocycles. The van der Waals surface area contributed by atoms with Gasteiger partial charge < -0.3 is 14.8 Å². The van der Waals surface area contributed by atoms with Crippen LogP contribution in [0, 0.1) is 0 Å². The molecule has 4 heteroatoms. The smallest absolute Gasteiger partial charge is 0.339 e. The van der Waals surface area contributed by atoms with Crippen LogP contribution in [0.3, 0.4) is 0 Å². The van der Waals surface area contributed by atoms with Gasteiger partial charge in [0.15, 0.2) is 6.10 Å². The van der Waals surface area contributed by atoms with Gasteiger partial charge in [-0.3, -0.25) is 0 Å². The summed E-state index contributed by atoms with van der Waals surface area (Å²) in [4.78, 5) is 14.4. The van der Waals surface area contributed by atoms with Crippen LogP contribution in [0.4, 0.5) is 0 Å². The van der Waals surface area contributed by atoms with Crippen molar-refractivity contribution in [1.29, 1.82) is 0 Å². The van der Waals surface area contributed by atoms with Crippen LogP contribution in [0.1, 0.15) is 18.6 Å². The van der Waals surface area contributed by atoms with E-state index in [4.69, 9.17) is 4.74 Å². The molecular weight excluding hydrogens is 206 g/mol. The highest BCUT2D eigenvalue weighted by molar-refractivity contribution is 5.83. The minimum Gasteiger partial charge on any atom is -0.464 e. The van der Waals surface area contributed by atoms with Crippen LogP contribution >= 0.6 is 0 Å². The van der Waals surface area contributed by atoms with Crippen LogP contribution in [0.15, 0.2) is 30.5 Å². The highest BCUT2D eigenvalue weighted by Crippen LogP contribution is 2.20. The number of rotatable bonds is 3. The lowest BCUT2D eigenvalue weighted by molar-refractivity contribution is -0.153. The van der Waals surface area contributed by atoms with Gasteiger partial charge in [-0.2, -0.15) is 0 Å². The number of aliphatic hydroxyl groups is 1. The fourth-order valence-electron chi connectivity index (χ4n) is 1.60. The van der Waals surface area contributed by atoms with Crippen molar-refractivity contribution in [2.75, 3.05) is 6.61 Å². The Bertz CT molecular complexity index is 504. The number of benzene rings is 1. The molecule has 0 aliphatic carbocycles. The third kappa shape index (κ3) is 1.92. The van der Waals surface area contributed by atoms with Gasteiger partial charge in [0, 0.05) is 11.7 Å². The Labute approximate surface area is 92.9 Å². The van der Waals surface area contributed by atoms with Crippen molar-refractivity contribution in [3.8, 4) is 0 Å². The zero-order valence-corrected chi connectivity index (χ0v) is 8.93. The number of esters is 1. The Morgan fingerprint density at radius 3 is 3.06 bits per heavy atom. The topological polar surface area (TPSA) is 62.3 Å². The first kappa shape index (κ1) is 10.7. The molecular formula is C12H13NO3. The zero-order valence-electron chi connectivity index (χ0n) is 8.93. The zero-order chi connectivity index (χ0) is 11.5. The maximum atomic E-state index is 11.3. The summed E-state index contributed by atoms with van der Waals surface area (Å²) in [5, 5.41) is 10.7. The average molecular weight is 219 g/mol. The molecule has 4 nitrogen and oxygen atoms in total. The fourth-order valence-corrected chi connectivity index (χ4v) is 1.60. The minimum atomic E-state index is -1.21. The Balaban J connectivity index is 2.28. The van der Waals surface area contributed by atoms with Crippen LogP contribution in [0.25, 0.3) is 10.9 Å². The van der Waals surface area contributed by atoms with Gasteiger partial charge in [0.1, 0.15) is 0 Å². The van der Waals surface area contributed by atoms with Crippen molar-refractivity contribution < 1.29 is 14.6 Å². The lowest BCUT2D eigenvalue weighted by Crippen LogP contribution is -2.15. The van der Waals surface area contributed by atoms with E-state index in [1.54, 1.807) is 19.1 Å². The summed E-state index contributed by atoms with van der Waals surface area (Å²) in [5.41, 5.74) is 1.52. The lowest BCUT2D eigenvalue weighted by Gasteiger charge is -2.09. The van der Waals surface area contributed by atoms with Gasteiger partial charge in [0.05, 0.1) is 6.61 Å². The maximum absolute atomic E-state index is 11.3. The van der Waals surface area contributed by atoms with Gasteiger partial charge in [-0.1, -0.05) is 6.07 Å². The molecule has 1 aromatic heterocycles. The van der Waals surface area contributed by atoms with Gasteiger partial charge in [-0.05, 0) is 36.1 Å². The van der Waals surface area contributed by atoms with Gasteiger partial charge >= 0.3 is 5.97 Å². The molecule has 0 fully saturated rings. The first-order valence-corrected chi connectivity index (χ1v) is 5.14. The van der Waals surface area contributed by atoms with Crippen molar-refractivity contribution >= 4 is 16.9 Å². The number of hydrogen-bond acceptors (Lipinski definition) is 3. The molecule has 16 heavy (non-hydrogen) atoms.